The molecule has 0 saturated carbocycles. The lowest BCUT2D eigenvalue weighted by Crippen LogP contribution is -2.38. The van der Waals surface area contributed by atoms with Crippen LogP contribution in [-0.4, -0.2) is 6.71 Å². The molecule has 0 rings (SSSR count). The third kappa shape index (κ3) is 10.1. The lowest BCUT2D eigenvalue weighted by atomic mass is 9.26. The maximum Gasteiger partial charge on any atom is 0.146 e. The van der Waals surface area contributed by atoms with Gasteiger partial charge in [-0.05, 0) is 5.41 Å². The Bertz CT molecular complexity index is 258. The van der Waals surface area contributed by atoms with Crippen molar-refractivity contribution in [1.29, 1.82) is 0 Å². The summed E-state index contributed by atoms with van der Waals surface area (Å²) in [4.78, 5) is 0. The summed E-state index contributed by atoms with van der Waals surface area (Å²) in [7, 11) is 0. The molecular weight excluding hydrogens is 287 g/mol. The largest absolute Gasteiger partial charge is 0.146 e. The van der Waals surface area contributed by atoms with E-state index in [0.29, 0.717) is 10.7 Å². The molecule has 0 bridgehead atoms. The zero-order valence-electron chi connectivity index (χ0n) is 18.5. The van der Waals surface area contributed by atoms with E-state index in [-0.39, 0.29) is 0 Å². The van der Waals surface area contributed by atoms with Crippen LogP contribution in [0, 0.1) is 5.41 Å². The second-order valence-corrected chi connectivity index (χ2v) is 9.78. The van der Waals surface area contributed by atoms with E-state index in [0.717, 1.165) is 6.71 Å². The van der Waals surface area contributed by atoms with Crippen molar-refractivity contribution in [3.8, 4) is 0 Å². The van der Waals surface area contributed by atoms with E-state index in [4.69, 9.17) is 0 Å². The van der Waals surface area contributed by atoms with Gasteiger partial charge in [0.15, 0.2) is 0 Å². The van der Waals surface area contributed by atoms with Crippen molar-refractivity contribution in [1.82, 2.24) is 0 Å². The summed E-state index contributed by atoms with van der Waals surface area (Å²) in [5, 5.41) is 0.444. The zero-order valence-corrected chi connectivity index (χ0v) is 18.5. The first kappa shape index (κ1) is 24.1. The highest BCUT2D eigenvalue weighted by Crippen LogP contribution is 2.49. The second kappa shape index (κ2) is 13.3. The minimum Gasteiger partial charge on any atom is -0.0737 e. The molecule has 0 spiro atoms. The molecule has 0 amide bonds. The van der Waals surface area contributed by atoms with Gasteiger partial charge in [0.1, 0.15) is 6.71 Å². The molecule has 0 aromatic carbocycles. The molecule has 0 fully saturated rings. The molecule has 0 N–H and O–H groups in total. The smallest absolute Gasteiger partial charge is 0.0737 e. The molecule has 144 valence electrons. The van der Waals surface area contributed by atoms with Crippen LogP contribution in [0.15, 0.2) is 0 Å². The summed E-state index contributed by atoms with van der Waals surface area (Å²) in [5.74, 6) is 0. The fourth-order valence-corrected chi connectivity index (χ4v) is 3.82. The third-order valence-electron chi connectivity index (χ3n) is 6.77. The molecule has 0 nitrogen and oxygen atoms in total. The average Bonchev–Trinajstić information content (AvgIpc) is 2.50. The van der Waals surface area contributed by atoms with Crippen molar-refractivity contribution in [3.63, 3.8) is 0 Å². The summed E-state index contributed by atoms with van der Waals surface area (Å²) in [5.41, 5.74) is 0.405. The molecule has 0 saturated heterocycles. The highest BCUT2D eigenvalue weighted by atomic mass is 14.3. The summed E-state index contributed by atoms with van der Waals surface area (Å²) in [6.45, 7) is 17.9. The van der Waals surface area contributed by atoms with Crippen LogP contribution in [0.4, 0.5) is 0 Å². The van der Waals surface area contributed by atoms with Gasteiger partial charge in [0.25, 0.3) is 0 Å². The van der Waals surface area contributed by atoms with E-state index in [2.05, 4.69) is 48.5 Å². The van der Waals surface area contributed by atoms with Crippen LogP contribution in [0.3, 0.4) is 0 Å². The fraction of sp³-hybridized carbons (Fsp3) is 1.00. The minimum atomic E-state index is 0.405. The van der Waals surface area contributed by atoms with Gasteiger partial charge < -0.3 is 0 Å². The molecule has 0 aliphatic carbocycles. The Hall–Kier alpha value is 0.0649. The normalized spacial score (nSPS) is 12.6. The zero-order chi connectivity index (χ0) is 18.5. The van der Waals surface area contributed by atoms with Crippen LogP contribution in [0.2, 0.25) is 18.0 Å². The van der Waals surface area contributed by atoms with E-state index < -0.39 is 0 Å². The lowest BCUT2D eigenvalue weighted by Gasteiger charge is -2.44. The van der Waals surface area contributed by atoms with Crippen molar-refractivity contribution >= 4 is 6.71 Å². The predicted octanol–water partition coefficient (Wildman–Crippen LogP) is 9.03. The van der Waals surface area contributed by atoms with Gasteiger partial charge in [0.2, 0.25) is 0 Å². The average molecular weight is 336 g/mol. The van der Waals surface area contributed by atoms with Gasteiger partial charge in [-0.25, -0.2) is 0 Å². The summed E-state index contributed by atoms with van der Waals surface area (Å²) in [6, 6.07) is 0. The summed E-state index contributed by atoms with van der Waals surface area (Å²) in [6.07, 6.45) is 20.1. The Kier molecular flexibility index (Phi) is 13.3. The van der Waals surface area contributed by atoms with Crippen molar-refractivity contribution in [3.05, 3.63) is 0 Å². The van der Waals surface area contributed by atoms with Gasteiger partial charge in [0.05, 0.1) is 0 Å². The number of hydrogen-bond donors (Lipinski definition) is 0. The molecule has 0 heterocycles. The Morgan fingerprint density at radius 3 is 1.17 bits per heavy atom. The topological polar surface area (TPSA) is 0 Å². The predicted molar refractivity (Wildman–Crippen MR) is 116 cm³/mol. The SMILES string of the molecule is CCCCCCCCB(CCCCCCCC)C(C)(C)C(C)(C)C. The molecule has 0 aliphatic heterocycles. The third-order valence-corrected chi connectivity index (χ3v) is 6.77. The van der Waals surface area contributed by atoms with Crippen LogP contribution in [0.1, 0.15) is 126 Å². The fourth-order valence-electron chi connectivity index (χ4n) is 3.82. The molecule has 1 heteroatoms. The first-order valence-electron chi connectivity index (χ1n) is 11.3. The van der Waals surface area contributed by atoms with E-state index in [9.17, 15) is 0 Å². The number of hydrogen-bond acceptors (Lipinski definition) is 0. The minimum absolute atomic E-state index is 0.405. The molecule has 0 aromatic heterocycles. The van der Waals surface area contributed by atoms with Gasteiger partial charge in [-0.1, -0.05) is 143 Å². The van der Waals surface area contributed by atoms with Gasteiger partial charge in [0, 0.05) is 0 Å². The Labute approximate surface area is 156 Å². The molecule has 24 heavy (non-hydrogen) atoms. The van der Waals surface area contributed by atoms with E-state index >= 15 is 0 Å². The highest BCUT2D eigenvalue weighted by molar-refractivity contribution is 6.62. The summed E-state index contributed by atoms with van der Waals surface area (Å²) < 4.78 is 0. The first-order chi connectivity index (χ1) is 11.3. The van der Waals surface area contributed by atoms with Crippen molar-refractivity contribution in [2.24, 2.45) is 5.41 Å². The van der Waals surface area contributed by atoms with E-state index in [1.807, 2.05) is 0 Å². The maximum atomic E-state index is 2.53. The molecular formula is C23H49B. The van der Waals surface area contributed by atoms with Crippen molar-refractivity contribution in [2.75, 3.05) is 0 Å². The van der Waals surface area contributed by atoms with Crippen LogP contribution in [0.25, 0.3) is 0 Å². The highest BCUT2D eigenvalue weighted by Gasteiger charge is 2.40. The Morgan fingerprint density at radius 2 is 0.833 bits per heavy atom. The number of unbranched alkanes of at least 4 members (excludes halogenated alkanes) is 10. The van der Waals surface area contributed by atoms with Gasteiger partial charge in [-0.3, -0.25) is 0 Å². The standard InChI is InChI=1S/C23H49B/c1-8-10-12-14-16-18-20-24(23(6,7)22(3,4)5)21-19-17-15-13-11-9-2/h8-21H2,1-7H3. The molecule has 0 aliphatic rings. The monoisotopic (exact) mass is 336 g/mol. The van der Waals surface area contributed by atoms with Crippen LogP contribution < -0.4 is 0 Å². The van der Waals surface area contributed by atoms with Gasteiger partial charge >= 0.3 is 0 Å². The molecule has 0 atom stereocenters. The Morgan fingerprint density at radius 1 is 0.500 bits per heavy atom. The molecule has 0 radical (unpaired) electrons. The second-order valence-electron chi connectivity index (χ2n) is 9.78. The van der Waals surface area contributed by atoms with E-state index in [1.54, 1.807) is 0 Å². The van der Waals surface area contributed by atoms with Gasteiger partial charge in [-0.2, -0.15) is 0 Å². The Balaban J connectivity index is 4.30. The number of rotatable bonds is 15. The van der Waals surface area contributed by atoms with Crippen LogP contribution in [-0.2, 0) is 0 Å². The maximum absolute atomic E-state index is 2.53. The van der Waals surface area contributed by atoms with Crippen molar-refractivity contribution < 1.29 is 0 Å². The molecule has 0 unspecified atom stereocenters. The quantitative estimate of drug-likeness (QED) is 0.207. The molecule has 0 aromatic rings. The first-order valence-corrected chi connectivity index (χ1v) is 11.3. The summed E-state index contributed by atoms with van der Waals surface area (Å²) >= 11 is 0. The van der Waals surface area contributed by atoms with Crippen LogP contribution in [0.5, 0.6) is 0 Å². The van der Waals surface area contributed by atoms with E-state index in [1.165, 1.54) is 89.7 Å². The van der Waals surface area contributed by atoms with Crippen molar-refractivity contribution in [2.45, 2.75) is 143 Å². The van der Waals surface area contributed by atoms with Crippen LogP contribution >= 0.6 is 0 Å². The van der Waals surface area contributed by atoms with Gasteiger partial charge in [-0.15, -0.1) is 0 Å². The lowest BCUT2D eigenvalue weighted by molar-refractivity contribution is 0.291.